The predicted octanol–water partition coefficient (Wildman–Crippen LogP) is 2.82. The van der Waals surface area contributed by atoms with Crippen LogP contribution in [0.3, 0.4) is 0 Å². The highest BCUT2D eigenvalue weighted by atomic mass is 19.4. The molecule has 1 aliphatic heterocycles. The van der Waals surface area contributed by atoms with Crippen LogP contribution in [0.2, 0.25) is 0 Å². The van der Waals surface area contributed by atoms with E-state index in [-0.39, 0.29) is 17.9 Å². The molecule has 110 valence electrons. The van der Waals surface area contributed by atoms with Crippen LogP contribution in [0.15, 0.2) is 18.2 Å². The van der Waals surface area contributed by atoms with Crippen LogP contribution < -0.4 is 9.47 Å². The lowest BCUT2D eigenvalue weighted by molar-refractivity contribution is -0.183. The Morgan fingerprint density at radius 3 is 2.40 bits per heavy atom. The monoisotopic (exact) mass is 290 g/mol. The molecular weight excluding hydrogens is 277 g/mol. The van der Waals surface area contributed by atoms with Crippen molar-refractivity contribution in [1.82, 2.24) is 0 Å². The maximum absolute atomic E-state index is 12.8. The molecule has 7 heteroatoms. The number of carbonyl (C=O) groups is 1. The van der Waals surface area contributed by atoms with Crippen molar-refractivity contribution < 1.29 is 32.5 Å². The van der Waals surface area contributed by atoms with Crippen molar-refractivity contribution in [2.24, 2.45) is 5.92 Å². The summed E-state index contributed by atoms with van der Waals surface area (Å²) < 4.78 is 48.8. The Labute approximate surface area is 113 Å². The lowest BCUT2D eigenvalue weighted by atomic mass is 9.86. The summed E-state index contributed by atoms with van der Waals surface area (Å²) in [7, 11) is 0. The zero-order chi connectivity index (χ0) is 14.9. The summed E-state index contributed by atoms with van der Waals surface area (Å²) in [6, 6.07) is 4.06. The fourth-order valence-electron chi connectivity index (χ4n) is 2.09. The first-order valence-corrected chi connectivity index (χ1v) is 6.00. The molecule has 0 amide bonds. The highest BCUT2D eigenvalue weighted by molar-refractivity contribution is 5.77. The van der Waals surface area contributed by atoms with Gasteiger partial charge in [-0.05, 0) is 17.7 Å². The largest absolute Gasteiger partial charge is 0.486 e. The van der Waals surface area contributed by atoms with Crippen LogP contribution in [0.25, 0.3) is 0 Å². The number of carboxylic acid groups (broad SMARTS) is 1. The van der Waals surface area contributed by atoms with E-state index in [0.717, 1.165) is 6.92 Å². The number of halogens is 3. The third-order valence-electron chi connectivity index (χ3n) is 3.21. The maximum atomic E-state index is 12.8. The van der Waals surface area contributed by atoms with Gasteiger partial charge in [0.25, 0.3) is 0 Å². The summed E-state index contributed by atoms with van der Waals surface area (Å²) >= 11 is 0. The Hall–Kier alpha value is -1.92. The molecule has 20 heavy (non-hydrogen) atoms. The van der Waals surface area contributed by atoms with Gasteiger partial charge in [-0.25, -0.2) is 0 Å². The number of alkyl halides is 3. The third kappa shape index (κ3) is 2.81. The van der Waals surface area contributed by atoms with Crippen molar-refractivity contribution in [3.05, 3.63) is 23.8 Å². The van der Waals surface area contributed by atoms with Gasteiger partial charge in [0.1, 0.15) is 13.2 Å². The Morgan fingerprint density at radius 2 is 1.85 bits per heavy atom. The van der Waals surface area contributed by atoms with Gasteiger partial charge >= 0.3 is 12.1 Å². The maximum Gasteiger partial charge on any atom is 0.392 e. The summed E-state index contributed by atoms with van der Waals surface area (Å²) in [6.07, 6.45) is -4.59. The van der Waals surface area contributed by atoms with E-state index >= 15 is 0 Å². The fourth-order valence-corrected chi connectivity index (χ4v) is 2.09. The van der Waals surface area contributed by atoms with Crippen LogP contribution in [0.1, 0.15) is 18.4 Å². The van der Waals surface area contributed by atoms with Gasteiger partial charge in [-0.3, -0.25) is 4.79 Å². The Kier molecular flexibility index (Phi) is 3.78. The summed E-state index contributed by atoms with van der Waals surface area (Å²) in [5.41, 5.74) is 0.0478. The number of rotatable bonds is 3. The smallest absolute Gasteiger partial charge is 0.392 e. The summed E-state index contributed by atoms with van der Waals surface area (Å²) in [6.45, 7) is 1.49. The first-order chi connectivity index (χ1) is 9.30. The molecule has 1 aromatic carbocycles. The number of hydrogen-bond acceptors (Lipinski definition) is 3. The Bertz CT molecular complexity index is 513. The van der Waals surface area contributed by atoms with E-state index in [4.69, 9.17) is 14.6 Å². The van der Waals surface area contributed by atoms with Crippen molar-refractivity contribution in [2.45, 2.75) is 19.0 Å². The van der Waals surface area contributed by atoms with Crippen LogP contribution in [0.5, 0.6) is 11.5 Å². The van der Waals surface area contributed by atoms with Gasteiger partial charge in [-0.2, -0.15) is 13.2 Å². The van der Waals surface area contributed by atoms with Crippen molar-refractivity contribution in [3.63, 3.8) is 0 Å². The molecule has 0 unspecified atom stereocenters. The summed E-state index contributed by atoms with van der Waals surface area (Å²) in [4.78, 5) is 11.2. The molecule has 0 fully saturated rings. The average molecular weight is 290 g/mol. The second kappa shape index (κ2) is 5.22. The lowest BCUT2D eigenvalue weighted by Crippen LogP contribution is -2.31. The van der Waals surface area contributed by atoms with E-state index in [1.54, 1.807) is 0 Å². The zero-order valence-corrected chi connectivity index (χ0v) is 10.6. The van der Waals surface area contributed by atoms with E-state index in [0.29, 0.717) is 12.4 Å². The van der Waals surface area contributed by atoms with Gasteiger partial charge in [0.05, 0.1) is 11.8 Å². The van der Waals surface area contributed by atoms with Gasteiger partial charge in [-0.15, -0.1) is 0 Å². The Balaban J connectivity index is 2.37. The number of aliphatic carboxylic acids is 1. The van der Waals surface area contributed by atoms with E-state index in [9.17, 15) is 18.0 Å². The third-order valence-corrected chi connectivity index (χ3v) is 3.21. The standard InChI is InChI=1S/C13H13F3O4/c1-7(13(14,15)16)11(12(17)18)8-2-3-9-10(6-8)20-5-4-19-9/h2-3,6-7,11H,4-5H2,1H3,(H,17,18)/t7-,11+/m1/s1. The van der Waals surface area contributed by atoms with Crippen LogP contribution in [0.4, 0.5) is 13.2 Å². The minimum atomic E-state index is -4.59. The van der Waals surface area contributed by atoms with Crippen LogP contribution in [0, 0.1) is 5.92 Å². The molecule has 0 saturated heterocycles. The number of ether oxygens (including phenoxy) is 2. The topological polar surface area (TPSA) is 55.8 Å². The van der Waals surface area contributed by atoms with Gasteiger partial charge in [-0.1, -0.05) is 13.0 Å². The van der Waals surface area contributed by atoms with E-state index in [1.165, 1.54) is 18.2 Å². The molecule has 0 aromatic heterocycles. The molecule has 2 rings (SSSR count). The lowest BCUT2D eigenvalue weighted by Gasteiger charge is -2.25. The number of hydrogen-bond donors (Lipinski definition) is 1. The molecule has 1 aromatic rings. The zero-order valence-electron chi connectivity index (χ0n) is 10.6. The SMILES string of the molecule is C[C@H]([C@H](C(=O)O)c1ccc2c(c1)OCCO2)C(F)(F)F. The quantitative estimate of drug-likeness (QED) is 0.930. The minimum Gasteiger partial charge on any atom is -0.486 e. The Morgan fingerprint density at radius 1 is 1.25 bits per heavy atom. The molecule has 1 aliphatic rings. The average Bonchev–Trinajstić information content (AvgIpc) is 2.37. The molecule has 0 saturated carbocycles. The van der Waals surface area contributed by atoms with Crippen molar-refractivity contribution >= 4 is 5.97 Å². The molecule has 1 N–H and O–H groups in total. The number of fused-ring (bicyclic) bond motifs is 1. The first-order valence-electron chi connectivity index (χ1n) is 6.00. The first kappa shape index (κ1) is 14.5. The van der Waals surface area contributed by atoms with Gasteiger partial charge in [0.2, 0.25) is 0 Å². The molecular formula is C13H13F3O4. The second-order valence-electron chi connectivity index (χ2n) is 4.55. The normalized spacial score (nSPS) is 17.4. The fraction of sp³-hybridized carbons (Fsp3) is 0.462. The van der Waals surface area contributed by atoms with Crippen LogP contribution in [-0.2, 0) is 4.79 Å². The van der Waals surface area contributed by atoms with Gasteiger partial charge in [0.15, 0.2) is 11.5 Å². The van der Waals surface area contributed by atoms with E-state index < -0.39 is 24.0 Å². The van der Waals surface area contributed by atoms with Crippen molar-refractivity contribution in [3.8, 4) is 11.5 Å². The molecule has 2 atom stereocenters. The van der Waals surface area contributed by atoms with E-state index in [2.05, 4.69) is 0 Å². The molecule has 0 aliphatic carbocycles. The van der Waals surface area contributed by atoms with Crippen molar-refractivity contribution in [2.75, 3.05) is 13.2 Å². The van der Waals surface area contributed by atoms with Crippen LogP contribution >= 0.6 is 0 Å². The number of carboxylic acids is 1. The molecule has 1 heterocycles. The second-order valence-corrected chi connectivity index (χ2v) is 4.55. The highest BCUT2D eigenvalue weighted by Crippen LogP contribution is 2.40. The van der Waals surface area contributed by atoms with Gasteiger partial charge in [0, 0.05) is 0 Å². The van der Waals surface area contributed by atoms with Crippen molar-refractivity contribution in [1.29, 1.82) is 0 Å². The highest BCUT2D eigenvalue weighted by Gasteiger charge is 2.45. The van der Waals surface area contributed by atoms with Crippen LogP contribution in [-0.4, -0.2) is 30.5 Å². The summed E-state index contributed by atoms with van der Waals surface area (Å²) in [5.74, 6) is -4.52. The van der Waals surface area contributed by atoms with Gasteiger partial charge < -0.3 is 14.6 Å². The molecule has 0 spiro atoms. The molecule has 0 radical (unpaired) electrons. The van der Waals surface area contributed by atoms with E-state index in [1.807, 2.05) is 0 Å². The minimum absolute atomic E-state index is 0.0478. The molecule has 4 nitrogen and oxygen atoms in total. The summed E-state index contributed by atoms with van der Waals surface area (Å²) in [5, 5.41) is 9.09. The number of benzene rings is 1. The predicted molar refractivity (Wildman–Crippen MR) is 63.0 cm³/mol. The molecule has 0 bridgehead atoms.